The van der Waals surface area contributed by atoms with Gasteiger partial charge in [0.1, 0.15) is 0 Å². The molecule has 3 heteroatoms. The van der Waals surface area contributed by atoms with E-state index >= 15 is 0 Å². The molecule has 0 saturated carbocycles. The van der Waals surface area contributed by atoms with Crippen molar-refractivity contribution in [2.24, 2.45) is 0 Å². The first-order valence-electron chi connectivity index (χ1n) is 7.00. The highest BCUT2D eigenvalue weighted by Gasteiger charge is 2.14. The van der Waals surface area contributed by atoms with Crippen LogP contribution in [0.15, 0.2) is 48.5 Å². The molecule has 0 atom stereocenters. The zero-order chi connectivity index (χ0) is 16.1. The molecule has 0 heterocycles. The lowest BCUT2D eigenvalue weighted by Crippen LogP contribution is -2.06. The summed E-state index contributed by atoms with van der Waals surface area (Å²) in [5, 5.41) is 0. The molecular formula is C19H18O3. The van der Waals surface area contributed by atoms with Gasteiger partial charge in [0, 0.05) is 17.2 Å². The molecule has 2 aromatic rings. The smallest absolute Gasteiger partial charge is 0.330 e. The number of hydrogen-bond donors (Lipinski definition) is 0. The van der Waals surface area contributed by atoms with Crippen molar-refractivity contribution < 1.29 is 14.3 Å². The molecule has 0 unspecified atom stereocenters. The third-order valence-electron chi connectivity index (χ3n) is 3.40. The van der Waals surface area contributed by atoms with E-state index in [0.717, 1.165) is 16.7 Å². The summed E-state index contributed by atoms with van der Waals surface area (Å²) in [6, 6.07) is 12.9. The number of benzene rings is 2. The lowest BCUT2D eigenvalue weighted by atomic mass is 9.93. The Morgan fingerprint density at radius 2 is 1.73 bits per heavy atom. The minimum absolute atomic E-state index is 0.0584. The van der Waals surface area contributed by atoms with E-state index < -0.39 is 5.97 Å². The number of carbonyl (C=O) groups is 2. The number of hydrogen-bond acceptors (Lipinski definition) is 3. The predicted molar refractivity (Wildman–Crippen MR) is 86.8 cm³/mol. The summed E-state index contributed by atoms with van der Waals surface area (Å²) >= 11 is 0. The van der Waals surface area contributed by atoms with Crippen LogP contribution >= 0.6 is 0 Å². The van der Waals surface area contributed by atoms with Gasteiger partial charge in [-0.15, -0.1) is 0 Å². The Kier molecular flexibility index (Phi) is 4.89. The molecule has 2 rings (SSSR count). The standard InChI is InChI=1S/C19H18O3/c1-13-11-14(2)16(9-10-18(20)22-3)17(12-13)19(21)15-7-5-4-6-8-15/h4-12H,1-3H3/b10-9+. The van der Waals surface area contributed by atoms with Gasteiger partial charge in [-0.1, -0.05) is 42.0 Å². The van der Waals surface area contributed by atoms with Gasteiger partial charge in [0.2, 0.25) is 0 Å². The molecule has 2 aromatic carbocycles. The molecule has 22 heavy (non-hydrogen) atoms. The summed E-state index contributed by atoms with van der Waals surface area (Å²) in [7, 11) is 1.32. The Labute approximate surface area is 130 Å². The van der Waals surface area contributed by atoms with Crippen molar-refractivity contribution in [2.45, 2.75) is 13.8 Å². The highest BCUT2D eigenvalue weighted by atomic mass is 16.5. The molecule has 0 aliphatic carbocycles. The molecule has 0 aliphatic rings. The molecule has 0 saturated heterocycles. The van der Waals surface area contributed by atoms with Gasteiger partial charge in [-0.25, -0.2) is 4.79 Å². The van der Waals surface area contributed by atoms with Gasteiger partial charge in [-0.2, -0.15) is 0 Å². The van der Waals surface area contributed by atoms with E-state index in [-0.39, 0.29) is 5.78 Å². The van der Waals surface area contributed by atoms with Crippen LogP contribution in [0.25, 0.3) is 6.08 Å². The predicted octanol–water partition coefficient (Wildman–Crippen LogP) is 3.72. The number of ether oxygens (including phenoxy) is 1. The van der Waals surface area contributed by atoms with E-state index in [1.54, 1.807) is 18.2 Å². The summed E-state index contributed by atoms with van der Waals surface area (Å²) in [4.78, 5) is 24.1. The monoisotopic (exact) mass is 294 g/mol. The Morgan fingerprint density at radius 1 is 1.05 bits per heavy atom. The third kappa shape index (κ3) is 3.50. The van der Waals surface area contributed by atoms with Gasteiger partial charge in [0.05, 0.1) is 7.11 Å². The first kappa shape index (κ1) is 15.7. The number of ketones is 1. The van der Waals surface area contributed by atoms with Crippen molar-refractivity contribution in [3.8, 4) is 0 Å². The molecule has 112 valence electrons. The summed E-state index contributed by atoms with van der Waals surface area (Å²) < 4.78 is 4.61. The van der Waals surface area contributed by atoms with Crippen molar-refractivity contribution >= 4 is 17.8 Å². The van der Waals surface area contributed by atoms with Crippen molar-refractivity contribution in [1.29, 1.82) is 0 Å². The van der Waals surface area contributed by atoms with Crippen LogP contribution < -0.4 is 0 Å². The van der Waals surface area contributed by atoms with Crippen molar-refractivity contribution in [3.05, 3.63) is 76.4 Å². The molecule has 0 spiro atoms. The van der Waals surface area contributed by atoms with Gasteiger partial charge in [0.15, 0.2) is 5.78 Å². The van der Waals surface area contributed by atoms with E-state index in [9.17, 15) is 9.59 Å². The topological polar surface area (TPSA) is 43.4 Å². The van der Waals surface area contributed by atoms with Crippen LogP contribution in [0.1, 0.15) is 32.6 Å². The fourth-order valence-electron chi connectivity index (χ4n) is 2.35. The van der Waals surface area contributed by atoms with E-state index in [1.165, 1.54) is 13.2 Å². The first-order chi connectivity index (χ1) is 10.5. The largest absolute Gasteiger partial charge is 0.466 e. The molecule has 0 radical (unpaired) electrons. The molecule has 0 aromatic heterocycles. The minimum atomic E-state index is -0.446. The number of methoxy groups -OCH3 is 1. The van der Waals surface area contributed by atoms with Crippen LogP contribution in [0.5, 0.6) is 0 Å². The second-order valence-electron chi connectivity index (χ2n) is 5.09. The average Bonchev–Trinajstić information content (AvgIpc) is 2.53. The first-order valence-corrected chi connectivity index (χ1v) is 7.00. The fraction of sp³-hybridized carbons (Fsp3) is 0.158. The Bertz CT molecular complexity index is 728. The van der Waals surface area contributed by atoms with Crippen LogP contribution in [0.3, 0.4) is 0 Å². The van der Waals surface area contributed by atoms with Crippen LogP contribution in [-0.4, -0.2) is 18.9 Å². The Morgan fingerprint density at radius 3 is 2.36 bits per heavy atom. The van der Waals surface area contributed by atoms with E-state index in [1.807, 2.05) is 44.2 Å². The molecule has 0 N–H and O–H groups in total. The quantitative estimate of drug-likeness (QED) is 0.490. The Hall–Kier alpha value is -2.68. The minimum Gasteiger partial charge on any atom is -0.466 e. The highest BCUT2D eigenvalue weighted by molar-refractivity contribution is 6.11. The summed E-state index contributed by atoms with van der Waals surface area (Å²) in [6.07, 6.45) is 2.97. The molecular weight excluding hydrogens is 276 g/mol. The molecule has 0 aliphatic heterocycles. The number of aryl methyl sites for hydroxylation is 2. The second-order valence-corrected chi connectivity index (χ2v) is 5.09. The molecule has 0 amide bonds. The van der Waals surface area contributed by atoms with Gasteiger partial charge in [-0.3, -0.25) is 4.79 Å². The zero-order valence-electron chi connectivity index (χ0n) is 12.9. The summed E-state index contributed by atoms with van der Waals surface area (Å²) in [5.41, 5.74) is 3.90. The zero-order valence-corrected chi connectivity index (χ0v) is 12.9. The van der Waals surface area contributed by atoms with Gasteiger partial charge < -0.3 is 4.74 Å². The van der Waals surface area contributed by atoms with Crippen LogP contribution in [0.4, 0.5) is 0 Å². The van der Waals surface area contributed by atoms with Crippen LogP contribution in [0.2, 0.25) is 0 Å². The maximum absolute atomic E-state index is 12.7. The number of rotatable bonds is 4. The van der Waals surface area contributed by atoms with Crippen molar-refractivity contribution in [3.63, 3.8) is 0 Å². The van der Waals surface area contributed by atoms with Crippen LogP contribution in [0, 0.1) is 13.8 Å². The molecule has 0 fully saturated rings. The SMILES string of the molecule is COC(=O)/C=C/c1c(C)cc(C)cc1C(=O)c1ccccc1. The van der Waals surface area contributed by atoms with Crippen LogP contribution in [-0.2, 0) is 9.53 Å². The van der Waals surface area contributed by atoms with Gasteiger partial charge >= 0.3 is 5.97 Å². The lowest BCUT2D eigenvalue weighted by molar-refractivity contribution is -0.134. The normalized spacial score (nSPS) is 10.7. The fourth-order valence-corrected chi connectivity index (χ4v) is 2.35. The lowest BCUT2D eigenvalue weighted by Gasteiger charge is -2.10. The summed E-state index contributed by atoms with van der Waals surface area (Å²) in [5.74, 6) is -0.505. The van der Waals surface area contributed by atoms with E-state index in [0.29, 0.717) is 11.1 Å². The highest BCUT2D eigenvalue weighted by Crippen LogP contribution is 2.22. The van der Waals surface area contributed by atoms with E-state index in [4.69, 9.17) is 0 Å². The maximum Gasteiger partial charge on any atom is 0.330 e. The number of carbonyl (C=O) groups excluding carboxylic acids is 2. The van der Waals surface area contributed by atoms with Crippen molar-refractivity contribution in [2.75, 3.05) is 7.11 Å². The van der Waals surface area contributed by atoms with Gasteiger partial charge in [-0.05, 0) is 37.1 Å². The van der Waals surface area contributed by atoms with Gasteiger partial charge in [0.25, 0.3) is 0 Å². The van der Waals surface area contributed by atoms with E-state index in [2.05, 4.69) is 4.74 Å². The Balaban J connectivity index is 2.52. The molecule has 3 nitrogen and oxygen atoms in total. The van der Waals surface area contributed by atoms with Crippen molar-refractivity contribution in [1.82, 2.24) is 0 Å². The number of esters is 1. The molecule has 0 bridgehead atoms. The third-order valence-corrected chi connectivity index (χ3v) is 3.40. The second kappa shape index (κ2) is 6.85. The maximum atomic E-state index is 12.7. The average molecular weight is 294 g/mol. The summed E-state index contributed by atoms with van der Waals surface area (Å²) in [6.45, 7) is 3.87.